The molecule has 134 valence electrons. The molecule has 0 fully saturated rings. The fourth-order valence-corrected chi connectivity index (χ4v) is 3.15. The maximum Gasteiger partial charge on any atom is 0.354 e. The van der Waals surface area contributed by atoms with E-state index in [1.54, 1.807) is 7.11 Å². The van der Waals surface area contributed by atoms with Crippen LogP contribution in [-0.2, 0) is 0 Å². The van der Waals surface area contributed by atoms with Crippen LogP contribution in [0.3, 0.4) is 0 Å². The normalized spacial score (nSPS) is 10.9. The van der Waals surface area contributed by atoms with Gasteiger partial charge in [-0.1, -0.05) is 42.5 Å². The Bertz CT molecular complexity index is 1150. The Balaban J connectivity index is 2.03. The van der Waals surface area contributed by atoms with Crippen molar-refractivity contribution < 1.29 is 14.6 Å². The zero-order chi connectivity index (χ0) is 19.0. The first-order valence-electron chi connectivity index (χ1n) is 8.42. The fraction of sp³-hybridized carbons (Fsp3) is 0.0952. The largest absolute Gasteiger partial charge is 0.497 e. The first kappa shape index (κ1) is 16.8. The van der Waals surface area contributed by atoms with Gasteiger partial charge in [-0.2, -0.15) is 5.10 Å². The molecule has 0 saturated heterocycles. The number of methoxy groups -OCH3 is 1. The zero-order valence-corrected chi connectivity index (χ0v) is 14.9. The van der Waals surface area contributed by atoms with Gasteiger partial charge in [-0.05, 0) is 30.7 Å². The Labute approximate surface area is 155 Å². The Kier molecular flexibility index (Phi) is 4.08. The van der Waals surface area contributed by atoms with Gasteiger partial charge in [0.1, 0.15) is 5.75 Å². The maximum absolute atomic E-state index is 11.9. The number of carbonyl (C=O) groups is 1. The average molecular weight is 359 g/mol. The number of fused-ring (bicyclic) bond motifs is 1. The van der Waals surface area contributed by atoms with E-state index in [0.29, 0.717) is 17.1 Å². The van der Waals surface area contributed by atoms with E-state index in [2.05, 4.69) is 5.10 Å². The quantitative estimate of drug-likeness (QED) is 0.594. The van der Waals surface area contributed by atoms with E-state index in [4.69, 9.17) is 9.72 Å². The Morgan fingerprint density at radius 1 is 1.04 bits per heavy atom. The molecule has 2 aromatic carbocycles. The van der Waals surface area contributed by atoms with Crippen molar-refractivity contribution in [1.29, 1.82) is 0 Å². The van der Waals surface area contributed by atoms with Crippen molar-refractivity contribution in [2.24, 2.45) is 0 Å². The van der Waals surface area contributed by atoms with Crippen LogP contribution in [0.4, 0.5) is 0 Å². The first-order valence-corrected chi connectivity index (χ1v) is 8.42. The molecule has 0 amide bonds. The monoisotopic (exact) mass is 359 g/mol. The van der Waals surface area contributed by atoms with Crippen LogP contribution >= 0.6 is 0 Å². The molecule has 0 aliphatic carbocycles. The number of aromatic carboxylic acids is 1. The zero-order valence-electron chi connectivity index (χ0n) is 14.9. The van der Waals surface area contributed by atoms with Gasteiger partial charge in [0, 0.05) is 11.1 Å². The molecule has 0 aliphatic heterocycles. The lowest BCUT2D eigenvalue weighted by atomic mass is 10.1. The maximum atomic E-state index is 11.9. The highest BCUT2D eigenvalue weighted by Crippen LogP contribution is 2.30. The third kappa shape index (κ3) is 2.91. The molecule has 2 aromatic heterocycles. The lowest BCUT2D eigenvalue weighted by molar-refractivity contribution is 0.0687. The van der Waals surface area contributed by atoms with Crippen LogP contribution in [0.2, 0.25) is 0 Å². The number of ether oxygens (including phenoxy) is 1. The standard InChI is InChI=1S/C21H17N3O3/c1-13-19(14-7-4-3-5-8-14)20-22-17(12-18(21(25)26)24(20)23-13)15-9-6-10-16(11-15)27-2/h3-12H,1-2H3,(H,25,26). The summed E-state index contributed by atoms with van der Waals surface area (Å²) in [5.41, 5.74) is 4.38. The van der Waals surface area contributed by atoms with E-state index in [9.17, 15) is 9.90 Å². The number of carboxylic acids is 1. The molecule has 0 aliphatic rings. The van der Waals surface area contributed by atoms with E-state index in [1.807, 2.05) is 61.5 Å². The Morgan fingerprint density at radius 3 is 2.48 bits per heavy atom. The van der Waals surface area contributed by atoms with Crippen LogP contribution in [0.25, 0.3) is 28.0 Å². The summed E-state index contributed by atoms with van der Waals surface area (Å²) in [5.74, 6) is -0.382. The summed E-state index contributed by atoms with van der Waals surface area (Å²) in [5, 5.41) is 14.1. The summed E-state index contributed by atoms with van der Waals surface area (Å²) in [7, 11) is 1.59. The number of benzene rings is 2. The number of nitrogens with zero attached hydrogens (tertiary/aromatic N) is 3. The molecule has 0 radical (unpaired) electrons. The molecule has 27 heavy (non-hydrogen) atoms. The van der Waals surface area contributed by atoms with Crippen LogP contribution in [-0.4, -0.2) is 32.8 Å². The van der Waals surface area contributed by atoms with E-state index >= 15 is 0 Å². The summed E-state index contributed by atoms with van der Waals surface area (Å²) in [6.07, 6.45) is 0. The molecule has 4 rings (SSSR count). The minimum atomic E-state index is -1.06. The van der Waals surface area contributed by atoms with Crippen molar-refractivity contribution >= 4 is 11.6 Å². The van der Waals surface area contributed by atoms with Crippen molar-refractivity contribution in [2.45, 2.75) is 6.92 Å². The molecule has 0 saturated carbocycles. The molecule has 6 nitrogen and oxygen atoms in total. The van der Waals surface area contributed by atoms with Gasteiger partial charge in [0.2, 0.25) is 0 Å². The number of hydrogen-bond acceptors (Lipinski definition) is 4. The number of rotatable bonds is 4. The summed E-state index contributed by atoms with van der Waals surface area (Å²) >= 11 is 0. The van der Waals surface area contributed by atoms with E-state index < -0.39 is 5.97 Å². The Morgan fingerprint density at radius 2 is 1.78 bits per heavy atom. The van der Waals surface area contributed by atoms with Gasteiger partial charge in [-0.3, -0.25) is 0 Å². The van der Waals surface area contributed by atoms with Crippen LogP contribution in [0, 0.1) is 6.92 Å². The van der Waals surface area contributed by atoms with Gasteiger partial charge in [-0.15, -0.1) is 0 Å². The lowest BCUT2D eigenvalue weighted by Gasteiger charge is -2.08. The van der Waals surface area contributed by atoms with Crippen molar-refractivity contribution in [3.05, 3.63) is 72.1 Å². The molecule has 6 heteroatoms. The van der Waals surface area contributed by atoms with Gasteiger partial charge >= 0.3 is 5.97 Å². The third-order valence-electron chi connectivity index (χ3n) is 4.41. The Hall–Kier alpha value is -3.67. The molecule has 1 N–H and O–H groups in total. The fourth-order valence-electron chi connectivity index (χ4n) is 3.15. The second-order valence-electron chi connectivity index (χ2n) is 6.13. The number of carboxylic acid groups (broad SMARTS) is 1. The predicted octanol–water partition coefficient (Wildman–Crippen LogP) is 4.08. The molecular weight excluding hydrogens is 342 g/mol. The molecule has 2 heterocycles. The minimum Gasteiger partial charge on any atom is -0.497 e. The highest BCUT2D eigenvalue weighted by atomic mass is 16.5. The van der Waals surface area contributed by atoms with Gasteiger partial charge in [-0.25, -0.2) is 14.3 Å². The summed E-state index contributed by atoms with van der Waals surface area (Å²) in [6.45, 7) is 1.86. The van der Waals surface area contributed by atoms with Gasteiger partial charge in [0.05, 0.1) is 18.5 Å². The minimum absolute atomic E-state index is 0.0584. The second-order valence-corrected chi connectivity index (χ2v) is 6.13. The van der Waals surface area contributed by atoms with Crippen molar-refractivity contribution in [2.75, 3.05) is 7.11 Å². The average Bonchev–Trinajstić information content (AvgIpc) is 3.03. The third-order valence-corrected chi connectivity index (χ3v) is 4.41. The summed E-state index contributed by atoms with van der Waals surface area (Å²) in [6, 6.07) is 18.6. The topological polar surface area (TPSA) is 76.7 Å². The van der Waals surface area contributed by atoms with Crippen molar-refractivity contribution in [1.82, 2.24) is 14.6 Å². The summed E-state index contributed by atoms with van der Waals surface area (Å²) < 4.78 is 6.67. The molecular formula is C21H17N3O3. The van der Waals surface area contributed by atoms with Crippen molar-refractivity contribution in [3.63, 3.8) is 0 Å². The van der Waals surface area contributed by atoms with Crippen LogP contribution in [0.1, 0.15) is 16.2 Å². The highest BCUT2D eigenvalue weighted by Gasteiger charge is 2.20. The molecule has 0 bridgehead atoms. The number of hydrogen-bond donors (Lipinski definition) is 1. The number of aryl methyl sites for hydroxylation is 1. The lowest BCUT2D eigenvalue weighted by Crippen LogP contribution is -2.08. The van der Waals surface area contributed by atoms with Crippen LogP contribution in [0.5, 0.6) is 5.75 Å². The van der Waals surface area contributed by atoms with Gasteiger partial charge in [0.15, 0.2) is 11.3 Å². The van der Waals surface area contributed by atoms with Gasteiger partial charge < -0.3 is 9.84 Å². The van der Waals surface area contributed by atoms with Crippen molar-refractivity contribution in [3.8, 4) is 28.1 Å². The van der Waals surface area contributed by atoms with Crippen LogP contribution < -0.4 is 4.74 Å². The molecule has 0 atom stereocenters. The molecule has 4 aromatic rings. The smallest absolute Gasteiger partial charge is 0.354 e. The highest BCUT2D eigenvalue weighted by molar-refractivity contribution is 5.90. The molecule has 0 unspecified atom stereocenters. The predicted molar refractivity (Wildman–Crippen MR) is 102 cm³/mol. The van der Waals surface area contributed by atoms with Crippen LogP contribution in [0.15, 0.2) is 60.7 Å². The molecule has 0 spiro atoms. The van der Waals surface area contributed by atoms with E-state index in [0.717, 1.165) is 22.4 Å². The summed E-state index contributed by atoms with van der Waals surface area (Å²) in [4.78, 5) is 16.6. The van der Waals surface area contributed by atoms with E-state index in [1.165, 1.54) is 10.6 Å². The second kappa shape index (κ2) is 6.57. The number of aromatic nitrogens is 3. The first-order chi connectivity index (χ1) is 13.1. The van der Waals surface area contributed by atoms with Gasteiger partial charge in [0.25, 0.3) is 0 Å². The SMILES string of the molecule is COc1cccc(-c2cc(C(=O)O)n3nc(C)c(-c4ccccc4)c3n2)c1. The van der Waals surface area contributed by atoms with E-state index in [-0.39, 0.29) is 5.69 Å².